The fourth-order valence-corrected chi connectivity index (χ4v) is 4.51. The zero-order valence-electron chi connectivity index (χ0n) is 13.1. The van der Waals surface area contributed by atoms with Gasteiger partial charge in [-0.3, -0.25) is 9.69 Å². The van der Waals surface area contributed by atoms with Crippen LogP contribution in [-0.2, 0) is 9.53 Å². The number of nitrogens with one attached hydrogen (secondary N) is 1. The van der Waals surface area contributed by atoms with E-state index >= 15 is 0 Å². The summed E-state index contributed by atoms with van der Waals surface area (Å²) in [6.07, 6.45) is 6.11. The Morgan fingerprint density at radius 3 is 2.76 bits per heavy atom. The number of hydrogen-bond acceptors (Lipinski definition) is 4. The summed E-state index contributed by atoms with van der Waals surface area (Å²) < 4.78 is 5.44. The predicted molar refractivity (Wildman–Crippen MR) is 79.9 cm³/mol. The van der Waals surface area contributed by atoms with E-state index < -0.39 is 0 Å². The first kappa shape index (κ1) is 15.3. The number of carbonyl (C=O) groups excluding carboxylic acids is 1. The van der Waals surface area contributed by atoms with Crippen molar-refractivity contribution in [1.29, 1.82) is 0 Å². The van der Waals surface area contributed by atoms with Gasteiger partial charge in [-0.25, -0.2) is 0 Å². The van der Waals surface area contributed by atoms with E-state index in [-0.39, 0.29) is 24.0 Å². The van der Waals surface area contributed by atoms with Crippen molar-refractivity contribution < 1.29 is 14.6 Å². The molecule has 0 aromatic heterocycles. The van der Waals surface area contributed by atoms with Crippen LogP contribution in [0.5, 0.6) is 0 Å². The Labute approximate surface area is 127 Å². The minimum atomic E-state index is -0.169. The number of ether oxygens (including phenoxy) is 1. The van der Waals surface area contributed by atoms with Gasteiger partial charge in [0.25, 0.3) is 0 Å². The fraction of sp³-hybridized carbons (Fsp3) is 0.938. The van der Waals surface area contributed by atoms with Crippen molar-refractivity contribution in [3.63, 3.8) is 0 Å². The minimum Gasteiger partial charge on any atom is -0.396 e. The lowest BCUT2D eigenvalue weighted by Crippen LogP contribution is -2.59. The minimum absolute atomic E-state index is 0.0546. The van der Waals surface area contributed by atoms with Gasteiger partial charge in [-0.2, -0.15) is 0 Å². The summed E-state index contributed by atoms with van der Waals surface area (Å²) in [4.78, 5) is 14.6. The van der Waals surface area contributed by atoms with Crippen LogP contribution in [-0.4, -0.2) is 61.4 Å². The van der Waals surface area contributed by atoms with Crippen molar-refractivity contribution in [1.82, 2.24) is 10.2 Å². The van der Waals surface area contributed by atoms with E-state index in [0.717, 1.165) is 25.9 Å². The van der Waals surface area contributed by atoms with Gasteiger partial charge in [0.05, 0.1) is 19.8 Å². The first-order valence-corrected chi connectivity index (χ1v) is 8.32. The molecule has 2 aliphatic carbocycles. The molecule has 3 aliphatic rings. The average Bonchev–Trinajstić information content (AvgIpc) is 2.44. The molecule has 5 nitrogen and oxygen atoms in total. The highest BCUT2D eigenvalue weighted by Gasteiger charge is 2.56. The third-order valence-electron chi connectivity index (χ3n) is 5.84. The SMILES string of the molecule is CCN1CCOCC1C(=O)NCC1(CO)CC2(CCC2)C1. The molecule has 1 amide bonds. The van der Waals surface area contributed by atoms with Gasteiger partial charge in [-0.15, -0.1) is 0 Å². The predicted octanol–water partition coefficient (Wildman–Crippen LogP) is 0.766. The van der Waals surface area contributed by atoms with E-state index in [9.17, 15) is 9.90 Å². The highest BCUT2D eigenvalue weighted by molar-refractivity contribution is 5.82. The number of hydrogen-bond donors (Lipinski definition) is 2. The molecule has 1 saturated heterocycles. The number of aliphatic hydroxyl groups is 1. The summed E-state index contributed by atoms with van der Waals surface area (Å²) in [5.74, 6) is 0.0546. The Balaban J connectivity index is 1.50. The maximum atomic E-state index is 12.4. The van der Waals surface area contributed by atoms with E-state index in [0.29, 0.717) is 25.2 Å². The second-order valence-electron chi connectivity index (χ2n) is 7.30. The molecule has 1 aliphatic heterocycles. The molecule has 2 saturated carbocycles. The molecule has 0 bridgehead atoms. The summed E-state index contributed by atoms with van der Waals surface area (Å²) in [6.45, 7) is 5.76. The summed E-state index contributed by atoms with van der Waals surface area (Å²) >= 11 is 0. The Hall–Kier alpha value is -0.650. The smallest absolute Gasteiger partial charge is 0.239 e. The largest absolute Gasteiger partial charge is 0.396 e. The van der Waals surface area contributed by atoms with Crippen LogP contribution in [0.1, 0.15) is 39.0 Å². The van der Waals surface area contributed by atoms with E-state index in [1.54, 1.807) is 0 Å². The Morgan fingerprint density at radius 1 is 1.43 bits per heavy atom. The third-order valence-corrected chi connectivity index (χ3v) is 5.84. The topological polar surface area (TPSA) is 61.8 Å². The molecular weight excluding hydrogens is 268 g/mol. The lowest BCUT2D eigenvalue weighted by Gasteiger charge is -2.60. The molecule has 2 N–H and O–H groups in total. The van der Waals surface area contributed by atoms with Crippen LogP contribution in [0.3, 0.4) is 0 Å². The maximum Gasteiger partial charge on any atom is 0.239 e. The van der Waals surface area contributed by atoms with E-state index in [2.05, 4.69) is 17.1 Å². The fourth-order valence-electron chi connectivity index (χ4n) is 4.51. The first-order valence-electron chi connectivity index (χ1n) is 8.32. The number of likely N-dealkylation sites (N-methyl/N-ethyl adjacent to an activating group) is 1. The molecule has 0 aromatic carbocycles. The quantitative estimate of drug-likeness (QED) is 0.786. The van der Waals surface area contributed by atoms with Gasteiger partial charge in [-0.1, -0.05) is 13.3 Å². The molecule has 1 unspecified atom stereocenters. The number of rotatable bonds is 5. The first-order chi connectivity index (χ1) is 10.1. The van der Waals surface area contributed by atoms with E-state index in [4.69, 9.17) is 4.74 Å². The Morgan fingerprint density at radius 2 is 2.19 bits per heavy atom. The zero-order valence-corrected chi connectivity index (χ0v) is 13.1. The maximum absolute atomic E-state index is 12.4. The van der Waals surface area contributed by atoms with Crippen molar-refractivity contribution in [2.24, 2.45) is 10.8 Å². The van der Waals surface area contributed by atoms with Gasteiger partial charge < -0.3 is 15.2 Å². The third kappa shape index (κ3) is 2.83. The zero-order chi connectivity index (χ0) is 14.9. The molecule has 0 aromatic rings. The lowest BCUT2D eigenvalue weighted by atomic mass is 9.45. The second kappa shape index (κ2) is 5.86. The van der Waals surface area contributed by atoms with Gasteiger partial charge in [-0.05, 0) is 37.6 Å². The number of amides is 1. The van der Waals surface area contributed by atoms with Crippen LogP contribution in [0.25, 0.3) is 0 Å². The van der Waals surface area contributed by atoms with E-state index in [1.165, 1.54) is 19.3 Å². The van der Waals surface area contributed by atoms with Crippen molar-refractivity contribution in [2.75, 3.05) is 39.5 Å². The van der Waals surface area contributed by atoms with E-state index in [1.807, 2.05) is 0 Å². The normalized spacial score (nSPS) is 30.5. The van der Waals surface area contributed by atoms with Crippen LogP contribution < -0.4 is 5.32 Å². The van der Waals surface area contributed by atoms with Crippen LogP contribution >= 0.6 is 0 Å². The highest BCUT2D eigenvalue weighted by atomic mass is 16.5. The van der Waals surface area contributed by atoms with Crippen molar-refractivity contribution in [3.05, 3.63) is 0 Å². The highest BCUT2D eigenvalue weighted by Crippen LogP contribution is 2.63. The number of morpholine rings is 1. The lowest BCUT2D eigenvalue weighted by molar-refractivity contribution is -0.140. The van der Waals surface area contributed by atoms with Crippen LogP contribution in [0.15, 0.2) is 0 Å². The standard InChI is InChI=1S/C16H28N2O3/c1-2-18-6-7-21-8-13(18)14(20)17-11-16(12-19)9-15(10-16)4-3-5-15/h13,19H,2-12H2,1H3,(H,17,20). The van der Waals surface area contributed by atoms with Crippen molar-refractivity contribution >= 4 is 5.91 Å². The molecule has 1 atom stereocenters. The van der Waals surface area contributed by atoms with Gasteiger partial charge in [0.1, 0.15) is 6.04 Å². The summed E-state index contributed by atoms with van der Waals surface area (Å²) in [7, 11) is 0. The molecular formula is C16H28N2O3. The van der Waals surface area contributed by atoms with Crippen LogP contribution in [0, 0.1) is 10.8 Å². The molecule has 0 radical (unpaired) electrons. The van der Waals surface area contributed by atoms with Gasteiger partial charge in [0.2, 0.25) is 5.91 Å². The van der Waals surface area contributed by atoms with Crippen LogP contribution in [0.2, 0.25) is 0 Å². The molecule has 120 valence electrons. The summed E-state index contributed by atoms with van der Waals surface area (Å²) in [6, 6.07) is -0.169. The monoisotopic (exact) mass is 296 g/mol. The van der Waals surface area contributed by atoms with Gasteiger partial charge in [0, 0.05) is 18.5 Å². The second-order valence-corrected chi connectivity index (χ2v) is 7.30. The average molecular weight is 296 g/mol. The molecule has 1 spiro atoms. The molecule has 1 heterocycles. The molecule has 3 rings (SSSR count). The van der Waals surface area contributed by atoms with Crippen LogP contribution in [0.4, 0.5) is 0 Å². The Bertz CT molecular complexity index is 387. The molecule has 21 heavy (non-hydrogen) atoms. The van der Waals surface area contributed by atoms with Gasteiger partial charge in [0.15, 0.2) is 0 Å². The van der Waals surface area contributed by atoms with Gasteiger partial charge >= 0.3 is 0 Å². The van der Waals surface area contributed by atoms with Crippen molar-refractivity contribution in [3.8, 4) is 0 Å². The summed E-state index contributed by atoms with van der Waals surface area (Å²) in [5.41, 5.74) is 0.444. The molecule has 5 heteroatoms. The number of aliphatic hydroxyl groups excluding tert-OH is 1. The number of nitrogens with zero attached hydrogens (tertiary/aromatic N) is 1. The van der Waals surface area contributed by atoms with Crippen molar-refractivity contribution in [2.45, 2.75) is 45.1 Å². The Kier molecular flexibility index (Phi) is 4.26. The summed E-state index contributed by atoms with van der Waals surface area (Å²) in [5, 5.41) is 12.8. The number of carbonyl (C=O) groups is 1. The molecule has 3 fully saturated rings.